The predicted octanol–water partition coefficient (Wildman–Crippen LogP) is 1.19. The van der Waals surface area contributed by atoms with Crippen molar-refractivity contribution in [1.29, 1.82) is 0 Å². The van der Waals surface area contributed by atoms with Crippen LogP contribution >= 0.6 is 0 Å². The molecule has 1 unspecified atom stereocenters. The number of nitrogens with one attached hydrogen (secondary N) is 1. The van der Waals surface area contributed by atoms with Crippen molar-refractivity contribution in [3.63, 3.8) is 0 Å². The number of aryl methyl sites for hydroxylation is 1. The molecule has 3 fully saturated rings. The normalized spacial score (nSPS) is 28.1. The highest BCUT2D eigenvalue weighted by Gasteiger charge is 2.54. The number of aromatic nitrogens is 4. The summed E-state index contributed by atoms with van der Waals surface area (Å²) >= 11 is 0. The molecule has 4 aliphatic rings. The molecular weight excluding hydrogens is 468 g/mol. The summed E-state index contributed by atoms with van der Waals surface area (Å²) in [5, 5.41) is 19.3. The van der Waals surface area contributed by atoms with Crippen molar-refractivity contribution >= 4 is 28.7 Å². The Morgan fingerprint density at radius 3 is 2.33 bits per heavy atom. The number of nitrogens with zero attached hydrogens (tertiary/aromatic N) is 3. The van der Waals surface area contributed by atoms with E-state index in [4.69, 9.17) is 4.98 Å². The SMILES string of the molecule is CCCn1c(=O)c2[nH]c(C34CCC(C(=O)O)(CC3)CC4)nc2n(CCC2=CC(=O)C(O)C(=O)C2)c1=O. The fourth-order valence-corrected chi connectivity index (χ4v) is 6.13. The highest BCUT2D eigenvalue weighted by Crippen LogP contribution is 2.57. The predicted molar refractivity (Wildman–Crippen MR) is 128 cm³/mol. The first kappa shape index (κ1) is 24.4. The summed E-state index contributed by atoms with van der Waals surface area (Å²) < 4.78 is 2.59. The molecule has 0 radical (unpaired) electrons. The van der Waals surface area contributed by atoms with E-state index in [-0.39, 0.29) is 42.5 Å². The van der Waals surface area contributed by atoms with Crippen LogP contribution in [0.2, 0.25) is 0 Å². The Morgan fingerprint density at radius 2 is 1.75 bits per heavy atom. The zero-order valence-corrected chi connectivity index (χ0v) is 20.2. The molecule has 11 heteroatoms. The van der Waals surface area contributed by atoms with Gasteiger partial charge in [-0.05, 0) is 57.4 Å². The van der Waals surface area contributed by atoms with Gasteiger partial charge in [-0.25, -0.2) is 9.78 Å². The van der Waals surface area contributed by atoms with Crippen LogP contribution in [-0.4, -0.2) is 53.0 Å². The molecule has 0 saturated heterocycles. The second-order valence-electron chi connectivity index (χ2n) is 10.5. The van der Waals surface area contributed by atoms with Crippen molar-refractivity contribution in [2.24, 2.45) is 5.41 Å². The van der Waals surface area contributed by atoms with E-state index in [0.717, 1.165) is 0 Å². The average molecular weight is 499 g/mol. The molecule has 0 aliphatic heterocycles. The Labute approximate surface area is 205 Å². The van der Waals surface area contributed by atoms with Gasteiger partial charge >= 0.3 is 11.7 Å². The molecule has 0 aromatic carbocycles. The number of aromatic amines is 1. The maximum atomic E-state index is 13.3. The van der Waals surface area contributed by atoms with Crippen LogP contribution < -0.4 is 11.2 Å². The first-order valence-electron chi connectivity index (χ1n) is 12.5. The zero-order valence-electron chi connectivity index (χ0n) is 20.2. The molecule has 0 amide bonds. The van der Waals surface area contributed by atoms with Crippen LogP contribution in [0.25, 0.3) is 11.2 Å². The van der Waals surface area contributed by atoms with Crippen LogP contribution in [0.1, 0.15) is 70.5 Å². The van der Waals surface area contributed by atoms with Gasteiger partial charge in [-0.15, -0.1) is 0 Å². The first-order chi connectivity index (χ1) is 17.1. The van der Waals surface area contributed by atoms with Crippen molar-refractivity contribution < 1.29 is 24.6 Å². The van der Waals surface area contributed by atoms with Crippen LogP contribution in [0, 0.1) is 5.41 Å². The van der Waals surface area contributed by atoms with Gasteiger partial charge < -0.3 is 15.2 Å². The zero-order chi connectivity index (χ0) is 25.8. The summed E-state index contributed by atoms with van der Waals surface area (Å²) in [6, 6.07) is 0. The summed E-state index contributed by atoms with van der Waals surface area (Å²) in [5.41, 5.74) is -1.01. The van der Waals surface area contributed by atoms with Crippen LogP contribution in [0.15, 0.2) is 21.2 Å². The van der Waals surface area contributed by atoms with Crippen molar-refractivity contribution in [2.45, 2.75) is 89.3 Å². The molecule has 2 bridgehead atoms. The highest BCUT2D eigenvalue weighted by atomic mass is 16.4. The van der Waals surface area contributed by atoms with Gasteiger partial charge in [-0.3, -0.25) is 28.3 Å². The topological polar surface area (TPSA) is 164 Å². The van der Waals surface area contributed by atoms with Gasteiger partial charge in [0.1, 0.15) is 11.3 Å². The molecule has 3 saturated carbocycles. The van der Waals surface area contributed by atoms with Gasteiger partial charge in [0.05, 0.1) is 5.41 Å². The highest BCUT2D eigenvalue weighted by molar-refractivity contribution is 6.13. The number of hydrogen-bond acceptors (Lipinski definition) is 7. The Morgan fingerprint density at radius 1 is 1.08 bits per heavy atom. The molecule has 2 aromatic rings. The fraction of sp³-hybridized carbons (Fsp3) is 0.600. The summed E-state index contributed by atoms with van der Waals surface area (Å²) in [6.07, 6.45) is 3.94. The number of H-pyrrole nitrogens is 1. The number of imidazole rings is 1. The lowest BCUT2D eigenvalue weighted by atomic mass is 9.53. The molecule has 6 rings (SSSR count). The lowest BCUT2D eigenvalue weighted by molar-refractivity contribution is -0.156. The van der Waals surface area contributed by atoms with Crippen molar-refractivity contribution in [3.8, 4) is 0 Å². The molecule has 3 N–H and O–H groups in total. The van der Waals surface area contributed by atoms with Crippen LogP contribution in [-0.2, 0) is 32.9 Å². The summed E-state index contributed by atoms with van der Waals surface area (Å²) in [6.45, 7) is 2.22. The third-order valence-corrected chi connectivity index (χ3v) is 8.49. The molecule has 192 valence electrons. The lowest BCUT2D eigenvalue weighted by Gasteiger charge is -2.50. The Kier molecular flexibility index (Phi) is 5.85. The number of carboxylic acids is 1. The van der Waals surface area contributed by atoms with Gasteiger partial charge in [0.2, 0.25) is 0 Å². The minimum Gasteiger partial charge on any atom is -0.481 e. The number of aliphatic hydroxyl groups excluding tert-OH is 1. The van der Waals surface area contributed by atoms with Crippen molar-refractivity contribution in [3.05, 3.63) is 38.3 Å². The van der Waals surface area contributed by atoms with Crippen molar-refractivity contribution in [1.82, 2.24) is 19.1 Å². The molecule has 11 nitrogen and oxygen atoms in total. The van der Waals surface area contributed by atoms with Gasteiger partial charge in [0.25, 0.3) is 5.56 Å². The van der Waals surface area contributed by atoms with Gasteiger partial charge in [-0.2, -0.15) is 0 Å². The van der Waals surface area contributed by atoms with Crippen molar-refractivity contribution in [2.75, 3.05) is 0 Å². The van der Waals surface area contributed by atoms with Crippen LogP contribution in [0.3, 0.4) is 0 Å². The van der Waals surface area contributed by atoms with Gasteiger partial charge in [0, 0.05) is 24.9 Å². The number of ketones is 2. The molecule has 1 atom stereocenters. The Bertz CT molecular complexity index is 1400. The summed E-state index contributed by atoms with van der Waals surface area (Å²) in [4.78, 5) is 70.2. The van der Waals surface area contributed by atoms with E-state index >= 15 is 0 Å². The Balaban J connectivity index is 1.54. The van der Waals surface area contributed by atoms with E-state index in [0.29, 0.717) is 56.3 Å². The molecule has 4 aliphatic carbocycles. The largest absolute Gasteiger partial charge is 0.481 e. The maximum absolute atomic E-state index is 13.3. The average Bonchev–Trinajstić information content (AvgIpc) is 3.32. The van der Waals surface area contributed by atoms with E-state index < -0.39 is 40.3 Å². The summed E-state index contributed by atoms with van der Waals surface area (Å²) in [7, 11) is 0. The number of aliphatic hydroxyl groups is 1. The van der Waals surface area contributed by atoms with E-state index in [9.17, 15) is 34.2 Å². The number of carbonyl (C=O) groups excluding carboxylic acids is 2. The Hall–Kier alpha value is -3.34. The standard InChI is InChI=1S/C25H30N4O7/c1-2-10-29-20(33)17-19(28(23(29)36)11-3-14-12-15(30)18(32)16(31)13-14)27-21(26-17)24-4-7-25(8-5-24,9-6-24)22(34)35/h12,18,32H,2-11,13H2,1H3,(H,26,27)(H,34,35). The van der Waals surface area contributed by atoms with Crippen LogP contribution in [0.5, 0.6) is 0 Å². The second kappa shape index (κ2) is 8.65. The summed E-state index contributed by atoms with van der Waals surface area (Å²) in [5.74, 6) is -1.37. The number of hydrogen-bond donors (Lipinski definition) is 3. The monoisotopic (exact) mass is 498 g/mol. The second-order valence-corrected chi connectivity index (χ2v) is 10.5. The van der Waals surface area contributed by atoms with Gasteiger partial charge in [0.15, 0.2) is 23.3 Å². The minimum atomic E-state index is -1.63. The lowest BCUT2D eigenvalue weighted by Crippen LogP contribution is -2.48. The number of carbonyl (C=O) groups is 3. The van der Waals surface area contributed by atoms with E-state index in [2.05, 4.69) is 4.98 Å². The quantitative estimate of drug-likeness (QED) is 0.479. The third kappa shape index (κ3) is 3.68. The number of Topliss-reactive ketones (excluding diaryl/α,β-unsaturated/α-hetero) is 1. The molecule has 0 spiro atoms. The third-order valence-electron chi connectivity index (χ3n) is 8.49. The molecule has 2 heterocycles. The van der Waals surface area contributed by atoms with Crippen LogP contribution in [0.4, 0.5) is 0 Å². The maximum Gasteiger partial charge on any atom is 0.332 e. The number of allylic oxidation sites excluding steroid dienone is 1. The molecule has 36 heavy (non-hydrogen) atoms. The smallest absolute Gasteiger partial charge is 0.332 e. The first-order valence-corrected chi connectivity index (χ1v) is 12.5. The van der Waals surface area contributed by atoms with E-state index in [1.807, 2.05) is 6.92 Å². The molecular formula is C25H30N4O7. The fourth-order valence-electron chi connectivity index (χ4n) is 6.13. The van der Waals surface area contributed by atoms with E-state index in [1.54, 1.807) is 0 Å². The number of rotatable bonds is 7. The number of fused-ring (bicyclic) bond motifs is 4. The minimum absolute atomic E-state index is 0.0698. The number of carboxylic acid groups (broad SMARTS) is 1. The van der Waals surface area contributed by atoms with E-state index in [1.165, 1.54) is 15.2 Å². The number of aliphatic carboxylic acids is 1. The molecule has 2 aromatic heterocycles. The van der Waals surface area contributed by atoms with Gasteiger partial charge in [-0.1, -0.05) is 12.5 Å².